The van der Waals surface area contributed by atoms with E-state index >= 15 is 0 Å². The molecule has 0 amide bonds. The van der Waals surface area contributed by atoms with Crippen molar-refractivity contribution in [2.24, 2.45) is 0 Å². The molecule has 0 atom stereocenters. The number of ketones is 1. The van der Waals surface area contributed by atoms with Crippen molar-refractivity contribution in [3.05, 3.63) is 33.5 Å². The van der Waals surface area contributed by atoms with E-state index in [1.807, 2.05) is 6.92 Å². The van der Waals surface area contributed by atoms with Crippen molar-refractivity contribution in [3.8, 4) is 0 Å². The first-order valence-corrected chi connectivity index (χ1v) is 4.74. The number of rotatable bonds is 2. The molecular formula is C10H10BrFO. The third-order valence-corrected chi connectivity index (χ3v) is 2.62. The van der Waals surface area contributed by atoms with Gasteiger partial charge >= 0.3 is 0 Å². The zero-order valence-electron chi connectivity index (χ0n) is 7.53. The average molecular weight is 245 g/mol. The van der Waals surface area contributed by atoms with Gasteiger partial charge < -0.3 is 0 Å². The molecule has 0 saturated carbocycles. The Labute approximate surface area is 85.1 Å². The van der Waals surface area contributed by atoms with Crippen LogP contribution in [0.25, 0.3) is 0 Å². The van der Waals surface area contributed by atoms with Crippen molar-refractivity contribution in [2.75, 3.05) is 0 Å². The minimum absolute atomic E-state index is 0.0327. The molecule has 1 aromatic carbocycles. The van der Waals surface area contributed by atoms with Crippen LogP contribution in [0.15, 0.2) is 16.6 Å². The lowest BCUT2D eigenvalue weighted by molar-refractivity contribution is -0.116. The summed E-state index contributed by atoms with van der Waals surface area (Å²) in [5.41, 5.74) is 1.29. The van der Waals surface area contributed by atoms with Gasteiger partial charge in [-0.05, 0) is 37.1 Å². The molecular weight excluding hydrogens is 235 g/mol. The summed E-state index contributed by atoms with van der Waals surface area (Å²) in [6, 6.07) is 3.09. The van der Waals surface area contributed by atoms with E-state index in [9.17, 15) is 9.18 Å². The highest BCUT2D eigenvalue weighted by Crippen LogP contribution is 2.20. The fourth-order valence-corrected chi connectivity index (χ4v) is 1.48. The summed E-state index contributed by atoms with van der Waals surface area (Å²) in [5.74, 6) is -0.342. The van der Waals surface area contributed by atoms with Gasteiger partial charge in [-0.3, -0.25) is 4.79 Å². The predicted molar refractivity (Wildman–Crippen MR) is 53.2 cm³/mol. The van der Waals surface area contributed by atoms with E-state index in [2.05, 4.69) is 15.9 Å². The monoisotopic (exact) mass is 244 g/mol. The van der Waals surface area contributed by atoms with Crippen molar-refractivity contribution < 1.29 is 9.18 Å². The molecule has 0 heterocycles. The SMILES string of the molecule is CC(=O)Cc1cc(Br)c(C)cc1F. The smallest absolute Gasteiger partial charge is 0.134 e. The molecule has 1 aromatic rings. The van der Waals surface area contributed by atoms with Gasteiger partial charge in [-0.25, -0.2) is 4.39 Å². The van der Waals surface area contributed by atoms with E-state index in [4.69, 9.17) is 0 Å². The number of Topliss-reactive ketones (excluding diaryl/α,β-unsaturated/α-hetero) is 1. The van der Waals surface area contributed by atoms with Crippen LogP contribution in [0.2, 0.25) is 0 Å². The van der Waals surface area contributed by atoms with Crippen LogP contribution in [0.3, 0.4) is 0 Å². The van der Waals surface area contributed by atoms with Crippen molar-refractivity contribution in [1.82, 2.24) is 0 Å². The second-order valence-corrected chi connectivity index (χ2v) is 3.93. The molecule has 0 fully saturated rings. The van der Waals surface area contributed by atoms with Crippen LogP contribution in [-0.4, -0.2) is 5.78 Å². The number of halogens is 2. The Bertz CT molecular complexity index is 347. The molecule has 3 heteroatoms. The van der Waals surface area contributed by atoms with E-state index in [0.29, 0.717) is 5.56 Å². The molecule has 0 aliphatic carbocycles. The van der Waals surface area contributed by atoms with Gasteiger partial charge in [0.05, 0.1) is 0 Å². The Morgan fingerprint density at radius 3 is 2.69 bits per heavy atom. The molecule has 0 unspecified atom stereocenters. The summed E-state index contributed by atoms with van der Waals surface area (Å²) in [4.78, 5) is 10.8. The fraction of sp³-hybridized carbons (Fsp3) is 0.300. The van der Waals surface area contributed by atoms with Crippen LogP contribution in [0.5, 0.6) is 0 Å². The molecule has 70 valence electrons. The van der Waals surface area contributed by atoms with Crippen LogP contribution in [0, 0.1) is 12.7 Å². The molecule has 0 aliphatic rings. The summed E-state index contributed by atoms with van der Waals surface area (Å²) in [6.07, 6.45) is 0.157. The minimum atomic E-state index is -0.309. The normalized spacial score (nSPS) is 10.2. The van der Waals surface area contributed by atoms with Gasteiger partial charge in [0.25, 0.3) is 0 Å². The Morgan fingerprint density at radius 1 is 1.54 bits per heavy atom. The first kappa shape index (κ1) is 10.4. The molecule has 0 aliphatic heterocycles. The Hall–Kier alpha value is -0.700. The quantitative estimate of drug-likeness (QED) is 0.782. The average Bonchev–Trinajstić information content (AvgIpc) is 1.99. The third kappa shape index (κ3) is 2.62. The van der Waals surface area contributed by atoms with Crippen LogP contribution in [0.1, 0.15) is 18.1 Å². The second kappa shape index (κ2) is 4.01. The lowest BCUT2D eigenvalue weighted by Gasteiger charge is -2.04. The summed E-state index contributed by atoms with van der Waals surface area (Å²) in [5, 5.41) is 0. The van der Waals surface area contributed by atoms with Crippen molar-refractivity contribution in [2.45, 2.75) is 20.3 Å². The number of carbonyl (C=O) groups excluding carboxylic acids is 1. The molecule has 1 rings (SSSR count). The van der Waals surface area contributed by atoms with Crippen molar-refractivity contribution in [3.63, 3.8) is 0 Å². The maximum Gasteiger partial charge on any atom is 0.134 e. The van der Waals surface area contributed by atoms with Crippen molar-refractivity contribution >= 4 is 21.7 Å². The fourth-order valence-electron chi connectivity index (χ4n) is 1.09. The van der Waals surface area contributed by atoms with E-state index in [-0.39, 0.29) is 18.0 Å². The lowest BCUT2D eigenvalue weighted by Crippen LogP contribution is -2.00. The Morgan fingerprint density at radius 2 is 2.15 bits per heavy atom. The van der Waals surface area contributed by atoms with Gasteiger partial charge in [0.2, 0.25) is 0 Å². The van der Waals surface area contributed by atoms with Crippen LogP contribution >= 0.6 is 15.9 Å². The van der Waals surface area contributed by atoms with Crippen LogP contribution < -0.4 is 0 Å². The van der Waals surface area contributed by atoms with Crippen LogP contribution in [0.4, 0.5) is 4.39 Å². The van der Waals surface area contributed by atoms with Crippen LogP contribution in [-0.2, 0) is 11.2 Å². The Kier molecular flexibility index (Phi) is 3.20. The highest BCUT2D eigenvalue weighted by molar-refractivity contribution is 9.10. The first-order valence-electron chi connectivity index (χ1n) is 3.94. The van der Waals surface area contributed by atoms with E-state index in [0.717, 1.165) is 10.0 Å². The zero-order valence-corrected chi connectivity index (χ0v) is 9.11. The number of hydrogen-bond acceptors (Lipinski definition) is 1. The van der Waals surface area contributed by atoms with Gasteiger partial charge in [0, 0.05) is 10.9 Å². The second-order valence-electron chi connectivity index (χ2n) is 3.07. The van der Waals surface area contributed by atoms with E-state index < -0.39 is 0 Å². The minimum Gasteiger partial charge on any atom is -0.300 e. The van der Waals surface area contributed by atoms with Gasteiger partial charge in [0.1, 0.15) is 11.6 Å². The zero-order chi connectivity index (χ0) is 10.0. The largest absolute Gasteiger partial charge is 0.300 e. The summed E-state index contributed by atoms with van der Waals surface area (Å²) in [7, 11) is 0. The maximum atomic E-state index is 13.2. The summed E-state index contributed by atoms with van der Waals surface area (Å²) >= 11 is 3.29. The third-order valence-electron chi connectivity index (χ3n) is 1.77. The number of carbonyl (C=O) groups is 1. The molecule has 0 N–H and O–H groups in total. The highest BCUT2D eigenvalue weighted by Gasteiger charge is 2.07. The molecule has 1 nitrogen and oxygen atoms in total. The van der Waals surface area contributed by atoms with Gasteiger partial charge in [0.15, 0.2) is 0 Å². The maximum absolute atomic E-state index is 13.2. The molecule has 0 bridgehead atoms. The topological polar surface area (TPSA) is 17.1 Å². The van der Waals surface area contributed by atoms with Gasteiger partial charge in [-0.2, -0.15) is 0 Å². The van der Waals surface area contributed by atoms with Gasteiger partial charge in [-0.15, -0.1) is 0 Å². The van der Waals surface area contributed by atoms with E-state index in [1.165, 1.54) is 13.0 Å². The van der Waals surface area contributed by atoms with Gasteiger partial charge in [-0.1, -0.05) is 15.9 Å². The molecule has 0 radical (unpaired) electrons. The highest BCUT2D eigenvalue weighted by atomic mass is 79.9. The Balaban J connectivity index is 3.08. The lowest BCUT2D eigenvalue weighted by atomic mass is 10.1. The molecule has 0 aromatic heterocycles. The summed E-state index contributed by atoms with van der Waals surface area (Å²) in [6.45, 7) is 3.26. The predicted octanol–water partition coefficient (Wildman–Crippen LogP) is 3.03. The number of aryl methyl sites for hydroxylation is 1. The molecule has 0 spiro atoms. The molecule has 0 saturated heterocycles. The number of benzene rings is 1. The molecule has 13 heavy (non-hydrogen) atoms. The standard InChI is InChI=1S/C10H10BrFO/c1-6-3-10(12)8(4-7(2)13)5-9(6)11/h3,5H,4H2,1-2H3. The van der Waals surface area contributed by atoms with Crippen molar-refractivity contribution in [1.29, 1.82) is 0 Å². The first-order chi connectivity index (χ1) is 6.00. The number of hydrogen-bond donors (Lipinski definition) is 0. The van der Waals surface area contributed by atoms with E-state index in [1.54, 1.807) is 6.07 Å². The summed E-state index contributed by atoms with van der Waals surface area (Å²) < 4.78 is 14.1.